The van der Waals surface area contributed by atoms with Crippen LogP contribution >= 0.6 is 11.3 Å². The highest BCUT2D eigenvalue weighted by Gasteiger charge is 2.07. The van der Waals surface area contributed by atoms with Crippen molar-refractivity contribution in [3.05, 3.63) is 34.7 Å². The van der Waals surface area contributed by atoms with Crippen molar-refractivity contribution in [2.45, 2.75) is 13.0 Å². The molecule has 15 heavy (non-hydrogen) atoms. The Bertz CT molecular complexity index is 427. The van der Waals surface area contributed by atoms with Gasteiger partial charge in [0.15, 0.2) is 0 Å². The lowest BCUT2D eigenvalue weighted by atomic mass is 10.3. The molecule has 0 fully saturated rings. The summed E-state index contributed by atoms with van der Waals surface area (Å²) in [6.45, 7) is 2.07. The third kappa shape index (κ3) is 2.44. The molecule has 2 heterocycles. The van der Waals surface area contributed by atoms with E-state index >= 15 is 0 Å². The van der Waals surface area contributed by atoms with E-state index in [9.17, 15) is 0 Å². The second-order valence-corrected chi connectivity index (χ2v) is 4.17. The minimum Gasteiger partial charge on any atom is -0.384 e. The molecule has 1 unspecified atom stereocenters. The molecule has 0 saturated carbocycles. The number of nitrogen functional groups attached to an aromatic ring is 1. The molecule has 0 bridgehead atoms. The topological polar surface area (TPSA) is 63.8 Å². The quantitative estimate of drug-likeness (QED) is 0.833. The molecule has 2 aromatic heterocycles. The van der Waals surface area contributed by atoms with E-state index in [1.54, 1.807) is 23.6 Å². The number of aromatic nitrogens is 2. The number of hydrogen-bond donors (Lipinski definition) is 2. The first-order chi connectivity index (χ1) is 7.25. The Morgan fingerprint density at radius 3 is 3.00 bits per heavy atom. The van der Waals surface area contributed by atoms with Gasteiger partial charge < -0.3 is 11.1 Å². The fourth-order valence-electron chi connectivity index (χ4n) is 1.24. The Labute approximate surface area is 92.2 Å². The molecule has 0 spiro atoms. The van der Waals surface area contributed by atoms with Gasteiger partial charge in [0.1, 0.15) is 5.82 Å². The molecular formula is C10H12N4S. The van der Waals surface area contributed by atoms with E-state index in [0.717, 1.165) is 0 Å². The molecule has 5 heteroatoms. The minimum atomic E-state index is 0.201. The molecule has 0 radical (unpaired) electrons. The molecule has 0 amide bonds. The van der Waals surface area contributed by atoms with Gasteiger partial charge in [-0.3, -0.25) is 0 Å². The number of nitrogens with one attached hydrogen (secondary N) is 1. The Balaban J connectivity index is 2.09. The molecule has 0 aromatic carbocycles. The SMILES string of the molecule is CC(Nc1nccc(N)n1)c1cccs1. The molecule has 3 N–H and O–H groups in total. The second kappa shape index (κ2) is 4.27. The third-order valence-electron chi connectivity index (χ3n) is 1.99. The van der Waals surface area contributed by atoms with Crippen molar-refractivity contribution in [1.29, 1.82) is 0 Å². The summed E-state index contributed by atoms with van der Waals surface area (Å²) < 4.78 is 0. The summed E-state index contributed by atoms with van der Waals surface area (Å²) in [5.41, 5.74) is 5.56. The molecule has 0 saturated heterocycles. The Morgan fingerprint density at radius 1 is 1.47 bits per heavy atom. The normalized spacial score (nSPS) is 12.3. The number of nitrogens with two attached hydrogens (primary N) is 1. The number of rotatable bonds is 3. The Kier molecular flexibility index (Phi) is 2.82. The highest BCUT2D eigenvalue weighted by Crippen LogP contribution is 2.21. The van der Waals surface area contributed by atoms with Crippen LogP contribution in [0.2, 0.25) is 0 Å². The lowest BCUT2D eigenvalue weighted by Crippen LogP contribution is -2.08. The zero-order valence-electron chi connectivity index (χ0n) is 8.34. The molecule has 4 nitrogen and oxygen atoms in total. The van der Waals surface area contributed by atoms with Crippen LogP contribution in [0.3, 0.4) is 0 Å². The molecule has 2 rings (SSSR count). The van der Waals surface area contributed by atoms with Crippen molar-refractivity contribution in [3.8, 4) is 0 Å². The third-order valence-corrected chi connectivity index (χ3v) is 3.05. The van der Waals surface area contributed by atoms with Crippen molar-refractivity contribution >= 4 is 23.1 Å². The maximum atomic E-state index is 5.56. The summed E-state index contributed by atoms with van der Waals surface area (Å²) in [5.74, 6) is 1.04. The highest BCUT2D eigenvalue weighted by molar-refractivity contribution is 7.10. The van der Waals surface area contributed by atoms with E-state index in [2.05, 4.69) is 28.3 Å². The summed E-state index contributed by atoms with van der Waals surface area (Å²) in [4.78, 5) is 9.43. The number of thiophene rings is 1. The smallest absolute Gasteiger partial charge is 0.225 e. The Hall–Kier alpha value is -1.62. The average Bonchev–Trinajstić information content (AvgIpc) is 2.70. The van der Waals surface area contributed by atoms with Gasteiger partial charge in [0.25, 0.3) is 0 Å². The summed E-state index contributed by atoms with van der Waals surface area (Å²) >= 11 is 1.71. The van der Waals surface area contributed by atoms with E-state index in [1.165, 1.54) is 4.88 Å². The van der Waals surface area contributed by atoms with Crippen LogP contribution in [0.1, 0.15) is 17.8 Å². The first kappa shape index (κ1) is 9.92. The Morgan fingerprint density at radius 2 is 2.33 bits per heavy atom. The van der Waals surface area contributed by atoms with Crippen molar-refractivity contribution in [2.24, 2.45) is 0 Å². The number of anilines is 2. The van der Waals surface area contributed by atoms with Crippen LogP contribution in [0.4, 0.5) is 11.8 Å². The maximum Gasteiger partial charge on any atom is 0.225 e. The van der Waals surface area contributed by atoms with E-state index in [1.807, 2.05) is 11.4 Å². The molecule has 0 aliphatic carbocycles. The monoisotopic (exact) mass is 220 g/mol. The largest absolute Gasteiger partial charge is 0.384 e. The van der Waals surface area contributed by atoms with Crippen LogP contribution in [0, 0.1) is 0 Å². The van der Waals surface area contributed by atoms with Crippen LogP contribution in [0.25, 0.3) is 0 Å². The van der Waals surface area contributed by atoms with Crippen LogP contribution in [-0.4, -0.2) is 9.97 Å². The summed E-state index contributed by atoms with van der Waals surface area (Å²) in [7, 11) is 0. The van der Waals surface area contributed by atoms with Gasteiger partial charge in [0.2, 0.25) is 5.95 Å². The first-order valence-corrected chi connectivity index (χ1v) is 5.52. The molecular weight excluding hydrogens is 208 g/mol. The fourth-order valence-corrected chi connectivity index (χ4v) is 1.98. The zero-order valence-corrected chi connectivity index (χ0v) is 9.16. The highest BCUT2D eigenvalue weighted by atomic mass is 32.1. The zero-order chi connectivity index (χ0) is 10.7. The van der Waals surface area contributed by atoms with Crippen molar-refractivity contribution in [3.63, 3.8) is 0 Å². The van der Waals surface area contributed by atoms with Gasteiger partial charge in [-0.2, -0.15) is 4.98 Å². The lowest BCUT2D eigenvalue weighted by molar-refractivity contribution is 0.881. The second-order valence-electron chi connectivity index (χ2n) is 3.19. The molecule has 0 aliphatic heterocycles. The van der Waals surface area contributed by atoms with Crippen molar-refractivity contribution in [2.75, 3.05) is 11.1 Å². The van der Waals surface area contributed by atoms with Gasteiger partial charge in [-0.15, -0.1) is 11.3 Å². The summed E-state index contributed by atoms with van der Waals surface area (Å²) in [6.07, 6.45) is 1.64. The van der Waals surface area contributed by atoms with Gasteiger partial charge >= 0.3 is 0 Å². The van der Waals surface area contributed by atoms with E-state index < -0.39 is 0 Å². The van der Waals surface area contributed by atoms with Crippen LogP contribution in [0.5, 0.6) is 0 Å². The molecule has 0 aliphatic rings. The van der Waals surface area contributed by atoms with E-state index in [4.69, 9.17) is 5.73 Å². The van der Waals surface area contributed by atoms with Gasteiger partial charge in [-0.05, 0) is 24.4 Å². The van der Waals surface area contributed by atoms with E-state index in [0.29, 0.717) is 11.8 Å². The van der Waals surface area contributed by atoms with Crippen molar-refractivity contribution in [1.82, 2.24) is 9.97 Å². The number of nitrogens with zero attached hydrogens (tertiary/aromatic N) is 2. The predicted octanol–water partition coefficient (Wildman–Crippen LogP) is 2.29. The van der Waals surface area contributed by atoms with Crippen LogP contribution < -0.4 is 11.1 Å². The van der Waals surface area contributed by atoms with Gasteiger partial charge in [0, 0.05) is 11.1 Å². The minimum absolute atomic E-state index is 0.201. The standard InChI is InChI=1S/C10H12N4S/c1-7(8-3-2-6-15-8)13-10-12-5-4-9(11)14-10/h2-7H,1H3,(H3,11,12,13,14). The fraction of sp³-hybridized carbons (Fsp3) is 0.200. The first-order valence-electron chi connectivity index (χ1n) is 4.64. The number of hydrogen-bond acceptors (Lipinski definition) is 5. The van der Waals surface area contributed by atoms with E-state index in [-0.39, 0.29) is 6.04 Å². The predicted molar refractivity (Wildman–Crippen MR) is 62.8 cm³/mol. The molecule has 78 valence electrons. The van der Waals surface area contributed by atoms with Crippen molar-refractivity contribution < 1.29 is 0 Å². The van der Waals surface area contributed by atoms with Gasteiger partial charge in [-0.1, -0.05) is 6.07 Å². The van der Waals surface area contributed by atoms with Crippen LogP contribution in [0.15, 0.2) is 29.8 Å². The summed E-state index contributed by atoms with van der Waals surface area (Å²) in [6, 6.07) is 5.97. The molecule has 2 aromatic rings. The maximum absolute atomic E-state index is 5.56. The van der Waals surface area contributed by atoms with Gasteiger partial charge in [-0.25, -0.2) is 4.98 Å². The van der Waals surface area contributed by atoms with Gasteiger partial charge in [0.05, 0.1) is 6.04 Å². The summed E-state index contributed by atoms with van der Waals surface area (Å²) in [5, 5.41) is 5.24. The van der Waals surface area contributed by atoms with Crippen LogP contribution in [-0.2, 0) is 0 Å². The average molecular weight is 220 g/mol. The lowest BCUT2D eigenvalue weighted by Gasteiger charge is -2.11. The molecule has 1 atom stereocenters.